The maximum absolute atomic E-state index is 12.1. The summed E-state index contributed by atoms with van der Waals surface area (Å²) in [5, 5.41) is 3.66. The summed E-state index contributed by atoms with van der Waals surface area (Å²) in [6, 6.07) is 7.60. The van der Waals surface area contributed by atoms with Crippen LogP contribution in [-0.4, -0.2) is 17.7 Å². The van der Waals surface area contributed by atoms with Gasteiger partial charge in [0.05, 0.1) is 5.25 Å². The summed E-state index contributed by atoms with van der Waals surface area (Å²) >= 11 is 7.42. The molecule has 0 bridgehead atoms. The third-order valence-electron chi connectivity index (χ3n) is 3.63. The molecule has 0 fully saturated rings. The molecule has 1 atom stereocenters. The fourth-order valence-corrected chi connectivity index (χ4v) is 3.41. The van der Waals surface area contributed by atoms with Crippen LogP contribution in [0.1, 0.15) is 39.0 Å². The van der Waals surface area contributed by atoms with Gasteiger partial charge < -0.3 is 5.32 Å². The minimum atomic E-state index is -0.0912. The largest absolute Gasteiger partial charge is 0.355 e. The van der Waals surface area contributed by atoms with Crippen LogP contribution in [0.2, 0.25) is 5.02 Å². The molecule has 0 aromatic heterocycles. The predicted molar refractivity (Wildman–Crippen MR) is 90.9 cm³/mol. The van der Waals surface area contributed by atoms with E-state index in [4.69, 9.17) is 11.6 Å². The molecule has 21 heavy (non-hydrogen) atoms. The molecule has 1 aromatic carbocycles. The Kier molecular flexibility index (Phi) is 6.65. The topological polar surface area (TPSA) is 29.1 Å². The standard InChI is InChI=1S/C17H22ClNOS/c1-13(21-16-9-7-15(18)8-10-16)17(20)19-12-11-14-5-3-2-4-6-14/h5,7-10,13H,2-4,6,11-12H2,1H3,(H,19,20)/t13-/m0/s1. The summed E-state index contributed by atoms with van der Waals surface area (Å²) in [6.45, 7) is 2.69. The maximum atomic E-state index is 12.1. The Labute approximate surface area is 136 Å². The van der Waals surface area contributed by atoms with Gasteiger partial charge in [-0.15, -0.1) is 11.8 Å². The lowest BCUT2D eigenvalue weighted by Crippen LogP contribution is -2.31. The van der Waals surface area contributed by atoms with Gasteiger partial charge in [0.1, 0.15) is 0 Å². The second kappa shape index (κ2) is 8.50. The van der Waals surface area contributed by atoms with Crippen LogP contribution in [0.5, 0.6) is 0 Å². The molecule has 1 aliphatic carbocycles. The van der Waals surface area contributed by atoms with Crippen molar-refractivity contribution in [3.05, 3.63) is 40.9 Å². The fraction of sp³-hybridized carbons (Fsp3) is 0.471. The molecular formula is C17H22ClNOS. The number of carbonyl (C=O) groups excluding carboxylic acids is 1. The number of rotatable bonds is 6. The number of nitrogens with one attached hydrogen (secondary N) is 1. The zero-order chi connectivity index (χ0) is 15.1. The quantitative estimate of drug-likeness (QED) is 0.600. The summed E-state index contributed by atoms with van der Waals surface area (Å²) in [7, 11) is 0. The molecule has 0 saturated carbocycles. The van der Waals surface area contributed by atoms with E-state index in [9.17, 15) is 4.79 Å². The van der Waals surface area contributed by atoms with Gasteiger partial charge in [-0.25, -0.2) is 0 Å². The summed E-state index contributed by atoms with van der Waals surface area (Å²) in [5.74, 6) is 0.103. The molecule has 1 N–H and O–H groups in total. The molecule has 0 radical (unpaired) electrons. The summed E-state index contributed by atoms with van der Waals surface area (Å²) in [6.07, 6.45) is 8.33. The zero-order valence-electron chi connectivity index (χ0n) is 12.4. The highest BCUT2D eigenvalue weighted by Crippen LogP contribution is 2.25. The van der Waals surface area contributed by atoms with Crippen molar-refractivity contribution in [3.63, 3.8) is 0 Å². The Morgan fingerprint density at radius 3 is 2.76 bits per heavy atom. The molecule has 1 aromatic rings. The van der Waals surface area contributed by atoms with Gasteiger partial charge in [-0.3, -0.25) is 4.79 Å². The molecule has 0 heterocycles. The molecule has 4 heteroatoms. The lowest BCUT2D eigenvalue weighted by molar-refractivity contribution is -0.120. The summed E-state index contributed by atoms with van der Waals surface area (Å²) < 4.78 is 0. The van der Waals surface area contributed by atoms with Crippen LogP contribution in [0.3, 0.4) is 0 Å². The highest BCUT2D eigenvalue weighted by molar-refractivity contribution is 8.00. The van der Waals surface area contributed by atoms with Crippen LogP contribution in [0.4, 0.5) is 0 Å². The Morgan fingerprint density at radius 1 is 1.33 bits per heavy atom. The minimum Gasteiger partial charge on any atom is -0.355 e. The minimum absolute atomic E-state index is 0.0912. The van der Waals surface area contributed by atoms with Crippen molar-refractivity contribution in [2.45, 2.75) is 49.2 Å². The van der Waals surface area contributed by atoms with E-state index in [1.165, 1.54) is 31.3 Å². The average molecular weight is 324 g/mol. The number of hydrogen-bond donors (Lipinski definition) is 1. The van der Waals surface area contributed by atoms with Crippen molar-refractivity contribution < 1.29 is 4.79 Å². The van der Waals surface area contributed by atoms with Gasteiger partial charge in [0, 0.05) is 16.5 Å². The first-order valence-electron chi connectivity index (χ1n) is 7.53. The van der Waals surface area contributed by atoms with Crippen molar-refractivity contribution in [1.29, 1.82) is 0 Å². The zero-order valence-corrected chi connectivity index (χ0v) is 14.0. The van der Waals surface area contributed by atoms with Crippen LogP contribution in [0, 0.1) is 0 Å². The molecule has 0 saturated heterocycles. The molecule has 1 amide bonds. The highest BCUT2D eigenvalue weighted by atomic mass is 35.5. The molecule has 2 nitrogen and oxygen atoms in total. The van der Waals surface area contributed by atoms with Crippen LogP contribution in [0.25, 0.3) is 0 Å². The van der Waals surface area contributed by atoms with Gasteiger partial charge in [0.15, 0.2) is 0 Å². The number of thioether (sulfide) groups is 1. The van der Waals surface area contributed by atoms with Crippen LogP contribution < -0.4 is 5.32 Å². The smallest absolute Gasteiger partial charge is 0.233 e. The van der Waals surface area contributed by atoms with Crippen molar-refractivity contribution in [2.75, 3.05) is 6.54 Å². The van der Waals surface area contributed by atoms with Crippen molar-refractivity contribution in [3.8, 4) is 0 Å². The summed E-state index contributed by atoms with van der Waals surface area (Å²) in [4.78, 5) is 13.1. The number of benzene rings is 1. The van der Waals surface area contributed by atoms with E-state index in [0.29, 0.717) is 0 Å². The Balaban J connectivity index is 1.72. The first kappa shape index (κ1) is 16.4. The van der Waals surface area contributed by atoms with Gasteiger partial charge in [-0.2, -0.15) is 0 Å². The van der Waals surface area contributed by atoms with Crippen molar-refractivity contribution >= 4 is 29.3 Å². The molecular weight excluding hydrogens is 302 g/mol. The average Bonchev–Trinajstić information content (AvgIpc) is 2.50. The van der Waals surface area contributed by atoms with Crippen LogP contribution in [-0.2, 0) is 4.79 Å². The second-order valence-corrected chi connectivity index (χ2v) is 7.21. The lowest BCUT2D eigenvalue weighted by Gasteiger charge is -2.15. The lowest BCUT2D eigenvalue weighted by atomic mass is 9.97. The van der Waals surface area contributed by atoms with E-state index in [0.717, 1.165) is 22.9 Å². The van der Waals surface area contributed by atoms with Gasteiger partial charge in [-0.05, 0) is 63.3 Å². The van der Waals surface area contributed by atoms with Crippen molar-refractivity contribution in [2.24, 2.45) is 0 Å². The normalized spacial score (nSPS) is 16.2. The number of carbonyl (C=O) groups is 1. The molecule has 114 valence electrons. The molecule has 0 spiro atoms. The van der Waals surface area contributed by atoms with Gasteiger partial charge in [0.2, 0.25) is 5.91 Å². The second-order valence-electron chi connectivity index (χ2n) is 5.36. The fourth-order valence-electron chi connectivity index (χ4n) is 2.39. The Hall–Kier alpha value is -0.930. The molecule has 2 rings (SSSR count). The number of halogens is 1. The first-order chi connectivity index (χ1) is 10.1. The Bertz CT molecular complexity index is 498. The van der Waals surface area contributed by atoms with Gasteiger partial charge in [0.25, 0.3) is 0 Å². The summed E-state index contributed by atoms with van der Waals surface area (Å²) in [5.41, 5.74) is 1.50. The third-order valence-corrected chi connectivity index (χ3v) is 4.99. The maximum Gasteiger partial charge on any atom is 0.233 e. The number of hydrogen-bond acceptors (Lipinski definition) is 2. The van der Waals surface area contributed by atoms with Crippen molar-refractivity contribution in [1.82, 2.24) is 5.32 Å². The van der Waals surface area contributed by atoms with E-state index < -0.39 is 0 Å². The first-order valence-corrected chi connectivity index (χ1v) is 8.79. The third kappa shape index (κ3) is 5.76. The van der Waals surface area contributed by atoms with Gasteiger partial charge in [-0.1, -0.05) is 23.3 Å². The molecule has 0 aliphatic heterocycles. The van der Waals surface area contributed by atoms with E-state index in [1.807, 2.05) is 31.2 Å². The van der Waals surface area contributed by atoms with Crippen LogP contribution >= 0.6 is 23.4 Å². The monoisotopic (exact) mass is 323 g/mol. The molecule has 0 unspecified atom stereocenters. The van der Waals surface area contributed by atoms with E-state index in [2.05, 4.69) is 11.4 Å². The number of amides is 1. The highest BCUT2D eigenvalue weighted by Gasteiger charge is 2.14. The molecule has 1 aliphatic rings. The van der Waals surface area contributed by atoms with Crippen LogP contribution in [0.15, 0.2) is 40.8 Å². The number of allylic oxidation sites excluding steroid dienone is 1. The SMILES string of the molecule is C[C@H](Sc1ccc(Cl)cc1)C(=O)NCCC1=CCCCC1. The van der Waals surface area contributed by atoms with E-state index in [-0.39, 0.29) is 11.2 Å². The Morgan fingerprint density at radius 2 is 2.10 bits per heavy atom. The van der Waals surface area contributed by atoms with Gasteiger partial charge >= 0.3 is 0 Å². The predicted octanol–water partition coefficient (Wildman–Crippen LogP) is 4.83. The van der Waals surface area contributed by atoms with E-state index in [1.54, 1.807) is 11.8 Å². The van der Waals surface area contributed by atoms with E-state index >= 15 is 0 Å².